The molecule has 0 radical (unpaired) electrons. The maximum atomic E-state index is 13.0. The molecule has 4 nitrogen and oxygen atoms in total. The van der Waals surface area contributed by atoms with Crippen LogP contribution >= 0.6 is 0 Å². The number of hydrogen-bond acceptors (Lipinski definition) is 4. The van der Waals surface area contributed by atoms with Gasteiger partial charge in [0.25, 0.3) is 0 Å². The molecule has 0 aromatic carbocycles. The van der Waals surface area contributed by atoms with Crippen LogP contribution < -0.4 is 0 Å². The lowest BCUT2D eigenvalue weighted by atomic mass is 9.52. The Morgan fingerprint density at radius 1 is 1.29 bits per heavy atom. The zero-order valence-electron chi connectivity index (χ0n) is 17.3. The van der Waals surface area contributed by atoms with Gasteiger partial charge >= 0.3 is 5.97 Å². The SMILES string of the molecule is CC(=O)OCC(=O)C1[C@H](C)CC2C3CCC4=CC(=O)C=C[C@]4(C)C3=CCC21C. The third kappa shape index (κ3) is 2.75. The molecule has 2 saturated carbocycles. The van der Waals surface area contributed by atoms with Crippen molar-refractivity contribution in [2.45, 2.75) is 53.4 Å². The van der Waals surface area contributed by atoms with Gasteiger partial charge in [-0.15, -0.1) is 0 Å². The van der Waals surface area contributed by atoms with E-state index in [-0.39, 0.29) is 34.9 Å². The molecule has 0 N–H and O–H groups in total. The van der Waals surface area contributed by atoms with Gasteiger partial charge in [0.05, 0.1) is 0 Å². The molecular formula is C24H30O4. The molecule has 4 rings (SSSR count). The first-order valence-electron chi connectivity index (χ1n) is 10.5. The van der Waals surface area contributed by atoms with Gasteiger partial charge in [0.2, 0.25) is 0 Å². The van der Waals surface area contributed by atoms with E-state index in [9.17, 15) is 14.4 Å². The predicted octanol–water partition coefficient (Wildman–Crippen LogP) is 4.21. The molecule has 4 aliphatic rings. The van der Waals surface area contributed by atoms with E-state index in [4.69, 9.17) is 4.74 Å². The minimum atomic E-state index is -0.398. The van der Waals surface area contributed by atoms with Crippen molar-refractivity contribution in [1.82, 2.24) is 0 Å². The van der Waals surface area contributed by atoms with E-state index < -0.39 is 5.97 Å². The summed E-state index contributed by atoms with van der Waals surface area (Å²) in [5, 5.41) is 0. The topological polar surface area (TPSA) is 60.4 Å². The first kappa shape index (κ1) is 19.4. The number of fused-ring (bicyclic) bond motifs is 5. The lowest BCUT2D eigenvalue weighted by molar-refractivity contribution is -0.148. The van der Waals surface area contributed by atoms with Crippen LogP contribution in [0.2, 0.25) is 0 Å². The molecular weight excluding hydrogens is 352 g/mol. The first-order valence-corrected chi connectivity index (χ1v) is 10.5. The van der Waals surface area contributed by atoms with Gasteiger partial charge in [-0.1, -0.05) is 37.1 Å². The highest BCUT2D eigenvalue weighted by atomic mass is 16.5. The van der Waals surface area contributed by atoms with Crippen molar-refractivity contribution < 1.29 is 19.1 Å². The van der Waals surface area contributed by atoms with Gasteiger partial charge in [0.15, 0.2) is 11.6 Å². The number of hydrogen-bond donors (Lipinski definition) is 0. The summed E-state index contributed by atoms with van der Waals surface area (Å²) in [6.07, 6.45) is 11.9. The second kappa shape index (κ2) is 6.53. The second-order valence-corrected chi connectivity index (χ2v) is 9.67. The molecule has 0 bridgehead atoms. The fraction of sp³-hybridized carbons (Fsp3) is 0.625. The number of ether oxygens (including phenoxy) is 1. The van der Waals surface area contributed by atoms with Crippen LogP contribution in [0.1, 0.15) is 53.4 Å². The van der Waals surface area contributed by atoms with Gasteiger partial charge in [-0.3, -0.25) is 14.4 Å². The summed E-state index contributed by atoms with van der Waals surface area (Å²) in [6, 6.07) is 0. The Labute approximate surface area is 167 Å². The van der Waals surface area contributed by atoms with Gasteiger partial charge in [-0.25, -0.2) is 0 Å². The van der Waals surface area contributed by atoms with Crippen molar-refractivity contribution in [2.75, 3.05) is 6.61 Å². The van der Waals surface area contributed by atoms with Crippen LogP contribution in [0.3, 0.4) is 0 Å². The van der Waals surface area contributed by atoms with Crippen LogP contribution in [0.25, 0.3) is 0 Å². The number of allylic oxidation sites excluding steroid dienone is 6. The molecule has 4 unspecified atom stereocenters. The number of carbonyl (C=O) groups excluding carboxylic acids is 3. The minimum Gasteiger partial charge on any atom is -0.458 e. The largest absolute Gasteiger partial charge is 0.458 e. The van der Waals surface area contributed by atoms with Crippen molar-refractivity contribution in [1.29, 1.82) is 0 Å². The van der Waals surface area contributed by atoms with Crippen molar-refractivity contribution >= 4 is 17.5 Å². The van der Waals surface area contributed by atoms with E-state index in [0.29, 0.717) is 17.8 Å². The maximum absolute atomic E-state index is 13.0. The van der Waals surface area contributed by atoms with E-state index in [1.54, 1.807) is 6.08 Å². The van der Waals surface area contributed by atoms with Gasteiger partial charge in [0.1, 0.15) is 6.61 Å². The number of ketones is 2. The molecule has 0 heterocycles. The first-order chi connectivity index (χ1) is 13.2. The second-order valence-electron chi connectivity index (χ2n) is 9.67. The Morgan fingerprint density at radius 2 is 2.04 bits per heavy atom. The number of carbonyl (C=O) groups is 3. The van der Waals surface area contributed by atoms with Crippen molar-refractivity contribution in [3.8, 4) is 0 Å². The van der Waals surface area contributed by atoms with Gasteiger partial charge in [-0.05, 0) is 67.9 Å². The average Bonchev–Trinajstić information content (AvgIpc) is 2.90. The van der Waals surface area contributed by atoms with E-state index >= 15 is 0 Å². The number of Topliss-reactive ketones (excluding diaryl/α,β-unsaturated/α-hetero) is 1. The third-order valence-corrected chi connectivity index (χ3v) is 8.05. The number of esters is 1. The monoisotopic (exact) mass is 382 g/mol. The predicted molar refractivity (Wildman–Crippen MR) is 106 cm³/mol. The zero-order chi connectivity index (χ0) is 20.3. The quantitative estimate of drug-likeness (QED) is 0.542. The van der Waals surface area contributed by atoms with Crippen LogP contribution in [0.5, 0.6) is 0 Å². The van der Waals surface area contributed by atoms with Gasteiger partial charge < -0.3 is 4.74 Å². The zero-order valence-corrected chi connectivity index (χ0v) is 17.3. The molecule has 0 aromatic rings. The fourth-order valence-corrected chi connectivity index (χ4v) is 6.84. The summed E-state index contributed by atoms with van der Waals surface area (Å²) in [7, 11) is 0. The van der Waals surface area contributed by atoms with Gasteiger partial charge in [0, 0.05) is 18.3 Å². The molecule has 150 valence electrons. The maximum Gasteiger partial charge on any atom is 0.303 e. The lowest BCUT2D eigenvalue weighted by Crippen LogP contribution is -2.45. The minimum absolute atomic E-state index is 0.0651. The Kier molecular flexibility index (Phi) is 4.52. The molecule has 0 amide bonds. The summed E-state index contributed by atoms with van der Waals surface area (Å²) in [5.74, 6) is 0.894. The number of rotatable bonds is 3. The van der Waals surface area contributed by atoms with E-state index in [1.165, 1.54) is 18.1 Å². The Hall–Kier alpha value is -1.97. The van der Waals surface area contributed by atoms with E-state index in [1.807, 2.05) is 6.08 Å². The normalized spacial score (nSPS) is 41.4. The Bertz CT molecular complexity index is 832. The molecule has 28 heavy (non-hydrogen) atoms. The average molecular weight is 383 g/mol. The summed E-state index contributed by atoms with van der Waals surface area (Å²) in [4.78, 5) is 36.0. The highest BCUT2D eigenvalue weighted by molar-refractivity contribution is 6.01. The molecule has 4 aliphatic carbocycles. The van der Waals surface area contributed by atoms with Crippen molar-refractivity contribution in [2.24, 2.45) is 34.5 Å². The molecule has 0 aliphatic heterocycles. The van der Waals surface area contributed by atoms with E-state index in [0.717, 1.165) is 25.7 Å². The van der Waals surface area contributed by atoms with Crippen LogP contribution in [0, 0.1) is 34.5 Å². The highest BCUT2D eigenvalue weighted by Crippen LogP contribution is 2.65. The van der Waals surface area contributed by atoms with Crippen LogP contribution in [-0.4, -0.2) is 24.1 Å². The van der Waals surface area contributed by atoms with Crippen molar-refractivity contribution in [3.63, 3.8) is 0 Å². The van der Waals surface area contributed by atoms with Crippen LogP contribution in [0.4, 0.5) is 0 Å². The fourth-order valence-electron chi connectivity index (χ4n) is 6.84. The molecule has 0 aromatic heterocycles. The van der Waals surface area contributed by atoms with E-state index in [2.05, 4.69) is 32.9 Å². The Morgan fingerprint density at radius 3 is 2.75 bits per heavy atom. The third-order valence-electron chi connectivity index (χ3n) is 8.05. The molecule has 2 fully saturated rings. The Balaban J connectivity index is 1.66. The smallest absolute Gasteiger partial charge is 0.303 e. The van der Waals surface area contributed by atoms with Crippen LogP contribution in [-0.2, 0) is 19.1 Å². The molecule has 6 atom stereocenters. The van der Waals surface area contributed by atoms with Gasteiger partial charge in [-0.2, -0.15) is 0 Å². The standard InChI is InChI=1S/C24H30O4/c1-14-11-20-18-6-5-16-12-17(26)7-9-23(16,3)19(18)8-10-24(20,4)22(14)21(27)13-28-15(2)25/h7-9,12,14,18,20,22H,5-6,10-11,13H2,1-4H3/t14-,18?,20?,22?,23+,24?/m1/s1. The van der Waals surface area contributed by atoms with Crippen LogP contribution in [0.15, 0.2) is 35.5 Å². The summed E-state index contributed by atoms with van der Waals surface area (Å²) in [6.45, 7) is 7.92. The molecule has 0 saturated heterocycles. The summed E-state index contributed by atoms with van der Waals surface area (Å²) in [5.41, 5.74) is 2.44. The summed E-state index contributed by atoms with van der Waals surface area (Å²) < 4.78 is 5.04. The summed E-state index contributed by atoms with van der Waals surface area (Å²) >= 11 is 0. The lowest BCUT2D eigenvalue weighted by Gasteiger charge is -2.52. The molecule has 0 spiro atoms. The highest BCUT2D eigenvalue weighted by Gasteiger charge is 2.59. The molecule has 4 heteroatoms. The van der Waals surface area contributed by atoms with Crippen molar-refractivity contribution in [3.05, 3.63) is 35.5 Å².